The van der Waals surface area contributed by atoms with Gasteiger partial charge in [0, 0.05) is 17.6 Å². The van der Waals surface area contributed by atoms with E-state index in [0.717, 1.165) is 6.54 Å². The summed E-state index contributed by atoms with van der Waals surface area (Å²) in [4.78, 5) is 2.61. The minimum absolute atomic E-state index is 0.304. The molecule has 1 rings (SSSR count). The van der Waals surface area contributed by atoms with Crippen LogP contribution in [0.15, 0.2) is 0 Å². The first-order valence-corrected chi connectivity index (χ1v) is 7.22. The summed E-state index contributed by atoms with van der Waals surface area (Å²) in [6, 6.07) is 1.31. The Bertz CT molecular complexity index is 243. The monoisotopic (exact) mass is 240 g/mol. The van der Waals surface area contributed by atoms with Crippen molar-refractivity contribution in [2.75, 3.05) is 13.6 Å². The largest absolute Gasteiger partial charge is 0.312 e. The summed E-state index contributed by atoms with van der Waals surface area (Å²) < 4.78 is 0. The summed E-state index contributed by atoms with van der Waals surface area (Å²) in [5.74, 6) is 0. The molecule has 0 radical (unpaired) electrons. The molecule has 0 aliphatic heterocycles. The number of hydrogen-bond donors (Lipinski definition) is 1. The predicted octanol–water partition coefficient (Wildman–Crippen LogP) is 3.27. The number of nitrogens with one attached hydrogen (secondary N) is 1. The van der Waals surface area contributed by atoms with Crippen molar-refractivity contribution in [3.8, 4) is 0 Å². The number of nitrogens with zero attached hydrogens (tertiary/aromatic N) is 1. The summed E-state index contributed by atoms with van der Waals surface area (Å²) in [5.41, 5.74) is 0.734. The van der Waals surface area contributed by atoms with E-state index in [1.807, 2.05) is 0 Å². The van der Waals surface area contributed by atoms with Gasteiger partial charge in [0.15, 0.2) is 0 Å². The van der Waals surface area contributed by atoms with Crippen LogP contribution in [0.5, 0.6) is 0 Å². The van der Waals surface area contributed by atoms with Gasteiger partial charge in [0.25, 0.3) is 0 Å². The Hall–Kier alpha value is -0.0800. The van der Waals surface area contributed by atoms with Crippen LogP contribution in [-0.2, 0) is 0 Å². The zero-order valence-corrected chi connectivity index (χ0v) is 12.9. The van der Waals surface area contributed by atoms with Crippen molar-refractivity contribution in [1.82, 2.24) is 10.2 Å². The van der Waals surface area contributed by atoms with Crippen LogP contribution in [-0.4, -0.2) is 36.1 Å². The van der Waals surface area contributed by atoms with Gasteiger partial charge in [0.2, 0.25) is 0 Å². The Morgan fingerprint density at radius 3 is 2.35 bits per heavy atom. The Morgan fingerprint density at radius 1 is 1.29 bits per heavy atom. The van der Waals surface area contributed by atoms with Crippen LogP contribution >= 0.6 is 0 Å². The van der Waals surface area contributed by atoms with E-state index in [1.54, 1.807) is 0 Å². The van der Waals surface area contributed by atoms with Crippen LogP contribution in [0.3, 0.4) is 0 Å². The summed E-state index contributed by atoms with van der Waals surface area (Å²) in [7, 11) is 2.31. The van der Waals surface area contributed by atoms with Crippen molar-refractivity contribution >= 4 is 0 Å². The molecule has 0 saturated heterocycles. The second-order valence-electron chi connectivity index (χ2n) is 6.91. The van der Waals surface area contributed by atoms with E-state index < -0.39 is 0 Å². The maximum atomic E-state index is 3.72. The summed E-state index contributed by atoms with van der Waals surface area (Å²) >= 11 is 0. The summed E-state index contributed by atoms with van der Waals surface area (Å²) in [5, 5.41) is 3.72. The molecule has 0 heterocycles. The van der Waals surface area contributed by atoms with Crippen LogP contribution in [0.1, 0.15) is 60.8 Å². The van der Waals surface area contributed by atoms with Gasteiger partial charge in [-0.3, -0.25) is 4.90 Å². The first kappa shape index (κ1) is 15.0. The molecule has 0 aromatic heterocycles. The quantitative estimate of drug-likeness (QED) is 0.793. The highest BCUT2D eigenvalue weighted by Gasteiger charge is 2.45. The molecule has 1 aliphatic carbocycles. The number of hydrogen-bond acceptors (Lipinski definition) is 2. The van der Waals surface area contributed by atoms with Gasteiger partial charge in [0.05, 0.1) is 0 Å². The van der Waals surface area contributed by atoms with Crippen LogP contribution in [0.4, 0.5) is 0 Å². The van der Waals surface area contributed by atoms with Gasteiger partial charge in [-0.2, -0.15) is 0 Å². The van der Waals surface area contributed by atoms with Crippen LogP contribution in [0.25, 0.3) is 0 Å². The summed E-state index contributed by atoms with van der Waals surface area (Å²) in [6.07, 6.45) is 3.86. The zero-order chi connectivity index (χ0) is 13.3. The van der Waals surface area contributed by atoms with Gasteiger partial charge < -0.3 is 5.32 Å². The molecule has 0 spiro atoms. The van der Waals surface area contributed by atoms with Crippen molar-refractivity contribution in [2.45, 2.75) is 78.4 Å². The van der Waals surface area contributed by atoms with E-state index in [4.69, 9.17) is 0 Å². The fraction of sp³-hybridized carbons (Fsp3) is 1.00. The van der Waals surface area contributed by atoms with E-state index in [1.165, 1.54) is 19.3 Å². The maximum absolute atomic E-state index is 3.72. The predicted molar refractivity (Wildman–Crippen MR) is 76.4 cm³/mol. The molecular weight excluding hydrogens is 208 g/mol. The van der Waals surface area contributed by atoms with Crippen molar-refractivity contribution in [1.29, 1.82) is 0 Å². The Kier molecular flexibility index (Phi) is 4.65. The van der Waals surface area contributed by atoms with E-state index in [-0.39, 0.29) is 0 Å². The van der Waals surface area contributed by atoms with Crippen molar-refractivity contribution in [3.05, 3.63) is 0 Å². The average molecular weight is 240 g/mol. The van der Waals surface area contributed by atoms with Gasteiger partial charge in [-0.15, -0.1) is 0 Å². The molecule has 1 N–H and O–H groups in total. The first-order valence-electron chi connectivity index (χ1n) is 7.22. The molecule has 2 heteroatoms. The van der Waals surface area contributed by atoms with Gasteiger partial charge in [-0.1, -0.05) is 27.7 Å². The van der Waals surface area contributed by atoms with Gasteiger partial charge in [-0.25, -0.2) is 0 Å². The average Bonchev–Trinajstić information content (AvgIpc) is 2.55. The van der Waals surface area contributed by atoms with Gasteiger partial charge >= 0.3 is 0 Å². The molecule has 1 saturated carbocycles. The maximum Gasteiger partial charge on any atom is 0.0274 e. The topological polar surface area (TPSA) is 15.3 Å². The fourth-order valence-corrected chi connectivity index (χ4v) is 3.11. The Morgan fingerprint density at radius 2 is 1.88 bits per heavy atom. The molecule has 2 nitrogen and oxygen atoms in total. The SMILES string of the molecule is CCNC1C(N(C)C(C)(C)CC)CCC1(C)C. The van der Waals surface area contributed by atoms with Crippen LogP contribution < -0.4 is 5.32 Å². The van der Waals surface area contributed by atoms with E-state index in [0.29, 0.717) is 23.0 Å². The molecular formula is C15H32N2. The molecule has 0 bridgehead atoms. The summed E-state index contributed by atoms with van der Waals surface area (Å²) in [6.45, 7) is 15.1. The molecule has 2 unspecified atom stereocenters. The molecule has 102 valence electrons. The molecule has 2 atom stereocenters. The second kappa shape index (κ2) is 5.27. The Labute approximate surface area is 108 Å². The second-order valence-corrected chi connectivity index (χ2v) is 6.91. The highest BCUT2D eigenvalue weighted by atomic mass is 15.2. The minimum atomic E-state index is 0.304. The lowest BCUT2D eigenvalue weighted by Crippen LogP contribution is -2.56. The van der Waals surface area contributed by atoms with Crippen LogP contribution in [0.2, 0.25) is 0 Å². The van der Waals surface area contributed by atoms with Gasteiger partial charge in [0.1, 0.15) is 0 Å². The fourth-order valence-electron chi connectivity index (χ4n) is 3.11. The molecule has 17 heavy (non-hydrogen) atoms. The number of likely N-dealkylation sites (N-methyl/N-ethyl adjacent to an activating group) is 2. The smallest absolute Gasteiger partial charge is 0.0274 e. The molecule has 0 amide bonds. The molecule has 0 aromatic rings. The van der Waals surface area contributed by atoms with E-state index in [2.05, 4.69) is 58.8 Å². The normalized spacial score (nSPS) is 28.9. The lowest BCUT2D eigenvalue weighted by atomic mass is 9.85. The van der Waals surface area contributed by atoms with Crippen molar-refractivity contribution in [3.63, 3.8) is 0 Å². The molecule has 1 aliphatic rings. The third kappa shape index (κ3) is 3.03. The zero-order valence-electron chi connectivity index (χ0n) is 12.9. The molecule has 1 fully saturated rings. The van der Waals surface area contributed by atoms with E-state index in [9.17, 15) is 0 Å². The third-order valence-corrected chi connectivity index (χ3v) is 5.05. The first-order chi connectivity index (χ1) is 7.76. The highest BCUT2D eigenvalue weighted by Crippen LogP contribution is 2.41. The van der Waals surface area contributed by atoms with Crippen molar-refractivity contribution < 1.29 is 0 Å². The van der Waals surface area contributed by atoms with Crippen molar-refractivity contribution in [2.24, 2.45) is 5.41 Å². The lowest BCUT2D eigenvalue weighted by molar-refractivity contribution is 0.0723. The highest BCUT2D eigenvalue weighted by molar-refractivity contribution is 5.02. The Balaban J connectivity index is 2.83. The van der Waals surface area contributed by atoms with Crippen LogP contribution in [0, 0.1) is 5.41 Å². The number of rotatable bonds is 5. The minimum Gasteiger partial charge on any atom is -0.312 e. The third-order valence-electron chi connectivity index (χ3n) is 5.05. The lowest BCUT2D eigenvalue weighted by Gasteiger charge is -2.44. The standard InChI is InChI=1S/C15H32N2/c1-8-15(5,6)17(7)12-10-11-14(3,4)13(12)16-9-2/h12-13,16H,8-11H2,1-7H3. The van der Waals surface area contributed by atoms with E-state index >= 15 is 0 Å². The molecule has 0 aromatic carbocycles. The van der Waals surface area contributed by atoms with Gasteiger partial charge in [-0.05, 0) is 52.1 Å².